The van der Waals surface area contributed by atoms with Crippen molar-refractivity contribution in [2.75, 3.05) is 56.0 Å². The predicted molar refractivity (Wildman–Crippen MR) is 122 cm³/mol. The molecule has 0 unspecified atom stereocenters. The summed E-state index contributed by atoms with van der Waals surface area (Å²) >= 11 is 0. The number of piperazine rings is 1. The Morgan fingerprint density at radius 1 is 1.03 bits per heavy atom. The molecular weight excluding hydrogens is 408 g/mol. The average Bonchev–Trinajstić information content (AvgIpc) is 3.12. The minimum absolute atomic E-state index is 0.0620. The van der Waals surface area contributed by atoms with Crippen LogP contribution in [0.15, 0.2) is 22.9 Å². The molecule has 0 spiro atoms. The normalized spacial score (nSPS) is 17.4. The molecule has 0 aromatic carbocycles. The summed E-state index contributed by atoms with van der Waals surface area (Å²) in [4.78, 5) is 35.8. The first kappa shape index (κ1) is 22.3. The van der Waals surface area contributed by atoms with Crippen molar-refractivity contribution in [1.82, 2.24) is 19.9 Å². The lowest BCUT2D eigenvalue weighted by atomic mass is 10.1. The predicted octanol–water partition coefficient (Wildman–Crippen LogP) is 2.00. The summed E-state index contributed by atoms with van der Waals surface area (Å²) in [5.41, 5.74) is 2.35. The van der Waals surface area contributed by atoms with Crippen LogP contribution in [0.1, 0.15) is 36.3 Å². The van der Waals surface area contributed by atoms with E-state index in [1.54, 1.807) is 6.20 Å². The fourth-order valence-electron chi connectivity index (χ4n) is 4.35. The molecule has 2 aliphatic heterocycles. The van der Waals surface area contributed by atoms with Crippen molar-refractivity contribution in [1.29, 1.82) is 0 Å². The molecule has 0 bridgehead atoms. The summed E-state index contributed by atoms with van der Waals surface area (Å²) in [6.07, 6.45) is 5.74. The molecular formula is C23H32N6O3. The maximum atomic E-state index is 12.6. The van der Waals surface area contributed by atoms with Crippen LogP contribution in [0.5, 0.6) is 0 Å². The van der Waals surface area contributed by atoms with Gasteiger partial charge in [0.25, 0.3) is 0 Å². The Hall–Kier alpha value is -2.94. The van der Waals surface area contributed by atoms with E-state index in [1.807, 2.05) is 30.9 Å². The lowest BCUT2D eigenvalue weighted by Gasteiger charge is -2.34. The van der Waals surface area contributed by atoms with Gasteiger partial charge in [0.15, 0.2) is 0 Å². The zero-order valence-electron chi connectivity index (χ0n) is 19.0. The van der Waals surface area contributed by atoms with Crippen LogP contribution in [0.4, 0.5) is 11.5 Å². The van der Waals surface area contributed by atoms with Gasteiger partial charge in [-0.25, -0.2) is 4.98 Å². The van der Waals surface area contributed by atoms with E-state index in [2.05, 4.69) is 25.3 Å². The number of piperidine rings is 1. The fraction of sp³-hybridized carbons (Fsp3) is 0.565. The number of nitrogens with zero attached hydrogens (tertiary/aromatic N) is 5. The Morgan fingerprint density at radius 3 is 2.41 bits per heavy atom. The third-order valence-corrected chi connectivity index (χ3v) is 6.31. The van der Waals surface area contributed by atoms with Gasteiger partial charge in [0, 0.05) is 44.8 Å². The standard InChI is InChI=1S/C23H32N6O3/c1-17-20(18(2)32-26-17)14-23(31)29-12-10-27(11-13-29)16-22(30)25-19-6-7-21(24-15-19)28-8-4-3-5-9-28/h6-7,15H,3-5,8-14,16H2,1-2H3,(H,25,30). The van der Waals surface area contributed by atoms with Crippen LogP contribution >= 0.6 is 0 Å². The molecule has 172 valence electrons. The summed E-state index contributed by atoms with van der Waals surface area (Å²) in [6.45, 7) is 8.65. The first-order valence-corrected chi connectivity index (χ1v) is 11.4. The number of carbonyl (C=O) groups is 2. The van der Waals surface area contributed by atoms with Crippen LogP contribution in [-0.4, -0.2) is 77.6 Å². The van der Waals surface area contributed by atoms with Gasteiger partial charge in [-0.1, -0.05) is 5.16 Å². The van der Waals surface area contributed by atoms with Crippen LogP contribution in [0.2, 0.25) is 0 Å². The lowest BCUT2D eigenvalue weighted by Crippen LogP contribution is -2.50. The summed E-state index contributed by atoms with van der Waals surface area (Å²) in [5.74, 6) is 1.68. The molecule has 2 aromatic rings. The SMILES string of the molecule is Cc1noc(C)c1CC(=O)N1CCN(CC(=O)Nc2ccc(N3CCCCC3)nc2)CC1. The number of rotatable bonds is 6. The van der Waals surface area contributed by atoms with Crippen molar-refractivity contribution in [3.63, 3.8) is 0 Å². The third-order valence-electron chi connectivity index (χ3n) is 6.31. The Bertz CT molecular complexity index is 908. The Morgan fingerprint density at radius 2 is 1.78 bits per heavy atom. The largest absolute Gasteiger partial charge is 0.361 e. The number of carbonyl (C=O) groups excluding carboxylic acids is 2. The second-order valence-electron chi connectivity index (χ2n) is 8.64. The highest BCUT2D eigenvalue weighted by Crippen LogP contribution is 2.19. The number of hydrogen-bond acceptors (Lipinski definition) is 7. The van der Waals surface area contributed by atoms with Gasteiger partial charge < -0.3 is 19.6 Å². The molecule has 0 aliphatic carbocycles. The fourth-order valence-corrected chi connectivity index (χ4v) is 4.35. The molecule has 0 atom stereocenters. The molecule has 9 heteroatoms. The van der Waals surface area contributed by atoms with E-state index in [-0.39, 0.29) is 11.8 Å². The first-order valence-electron chi connectivity index (χ1n) is 11.4. The van der Waals surface area contributed by atoms with E-state index in [4.69, 9.17) is 4.52 Å². The van der Waals surface area contributed by atoms with Crippen LogP contribution in [-0.2, 0) is 16.0 Å². The van der Waals surface area contributed by atoms with E-state index < -0.39 is 0 Å². The molecule has 9 nitrogen and oxygen atoms in total. The van der Waals surface area contributed by atoms with Crippen molar-refractivity contribution < 1.29 is 14.1 Å². The zero-order chi connectivity index (χ0) is 22.5. The third kappa shape index (κ3) is 5.45. The molecule has 1 N–H and O–H groups in total. The lowest BCUT2D eigenvalue weighted by molar-refractivity contribution is -0.132. The van der Waals surface area contributed by atoms with Gasteiger partial charge in [-0.15, -0.1) is 0 Å². The highest BCUT2D eigenvalue weighted by molar-refractivity contribution is 5.92. The number of pyridine rings is 1. The van der Waals surface area contributed by atoms with Crippen molar-refractivity contribution >= 4 is 23.3 Å². The second kappa shape index (κ2) is 10.1. The van der Waals surface area contributed by atoms with Crippen LogP contribution in [0, 0.1) is 13.8 Å². The van der Waals surface area contributed by atoms with Gasteiger partial charge in [0.05, 0.1) is 30.5 Å². The van der Waals surface area contributed by atoms with Crippen molar-refractivity contribution in [3.05, 3.63) is 35.3 Å². The molecule has 0 radical (unpaired) electrons. The minimum Gasteiger partial charge on any atom is -0.361 e. The maximum Gasteiger partial charge on any atom is 0.238 e. The monoisotopic (exact) mass is 440 g/mol. The van der Waals surface area contributed by atoms with Gasteiger partial charge in [-0.05, 0) is 45.2 Å². The quantitative estimate of drug-likeness (QED) is 0.734. The molecule has 4 rings (SSSR count). The Kier molecular flexibility index (Phi) is 7.04. The minimum atomic E-state index is -0.0620. The second-order valence-corrected chi connectivity index (χ2v) is 8.64. The molecule has 4 heterocycles. The van der Waals surface area contributed by atoms with Gasteiger partial charge in [-0.2, -0.15) is 0 Å². The summed E-state index contributed by atoms with van der Waals surface area (Å²) in [6, 6.07) is 3.89. The highest BCUT2D eigenvalue weighted by atomic mass is 16.5. The smallest absolute Gasteiger partial charge is 0.238 e. The van der Waals surface area contributed by atoms with Crippen molar-refractivity contribution in [3.8, 4) is 0 Å². The van der Waals surface area contributed by atoms with Crippen molar-refractivity contribution in [2.45, 2.75) is 39.5 Å². The van der Waals surface area contributed by atoms with Gasteiger partial charge in [0.2, 0.25) is 11.8 Å². The Labute approximate surface area is 188 Å². The highest BCUT2D eigenvalue weighted by Gasteiger charge is 2.24. The average molecular weight is 441 g/mol. The Balaban J connectivity index is 1.21. The van der Waals surface area contributed by atoms with Gasteiger partial charge >= 0.3 is 0 Å². The molecule has 2 amide bonds. The molecule has 2 fully saturated rings. The van der Waals surface area contributed by atoms with Gasteiger partial charge in [-0.3, -0.25) is 14.5 Å². The van der Waals surface area contributed by atoms with E-state index in [0.29, 0.717) is 50.6 Å². The number of amides is 2. The topological polar surface area (TPSA) is 94.8 Å². The van der Waals surface area contributed by atoms with E-state index in [1.165, 1.54) is 19.3 Å². The molecule has 2 aliphatic rings. The zero-order valence-corrected chi connectivity index (χ0v) is 19.0. The van der Waals surface area contributed by atoms with Crippen LogP contribution < -0.4 is 10.2 Å². The number of hydrogen-bond donors (Lipinski definition) is 1. The molecule has 2 aromatic heterocycles. The molecule has 0 saturated carbocycles. The van der Waals surface area contributed by atoms with Gasteiger partial charge in [0.1, 0.15) is 11.6 Å². The number of anilines is 2. The summed E-state index contributed by atoms with van der Waals surface area (Å²) in [5, 5.41) is 6.85. The number of aromatic nitrogens is 2. The van der Waals surface area contributed by atoms with Crippen LogP contribution in [0.25, 0.3) is 0 Å². The number of nitrogens with one attached hydrogen (secondary N) is 1. The van der Waals surface area contributed by atoms with Crippen molar-refractivity contribution in [2.24, 2.45) is 0 Å². The van der Waals surface area contributed by atoms with E-state index in [0.717, 1.165) is 30.2 Å². The summed E-state index contributed by atoms with van der Waals surface area (Å²) < 4.78 is 5.15. The molecule has 2 saturated heterocycles. The van der Waals surface area contributed by atoms with Crippen LogP contribution in [0.3, 0.4) is 0 Å². The number of aryl methyl sites for hydroxylation is 2. The first-order chi connectivity index (χ1) is 15.5. The van der Waals surface area contributed by atoms with E-state index >= 15 is 0 Å². The van der Waals surface area contributed by atoms with E-state index in [9.17, 15) is 9.59 Å². The maximum absolute atomic E-state index is 12.6. The summed E-state index contributed by atoms with van der Waals surface area (Å²) in [7, 11) is 0. The molecule has 32 heavy (non-hydrogen) atoms.